The highest BCUT2D eigenvalue weighted by atomic mass is 16.5. The molecule has 0 spiro atoms. The molecule has 0 aromatic rings. The third-order valence-corrected chi connectivity index (χ3v) is 3.04. The predicted octanol–water partition coefficient (Wildman–Crippen LogP) is 1.22. The molecule has 112 valence electrons. The van der Waals surface area contributed by atoms with E-state index in [9.17, 15) is 9.59 Å². The van der Waals surface area contributed by atoms with Crippen LogP contribution < -0.4 is 10.7 Å². The van der Waals surface area contributed by atoms with Gasteiger partial charge in [-0.15, -0.1) is 0 Å². The zero-order chi connectivity index (χ0) is 15.0. The number of hydrogen-bond donors (Lipinski definition) is 2. The number of nitrogens with one attached hydrogen (secondary N) is 2. The van der Waals surface area contributed by atoms with Gasteiger partial charge in [-0.25, -0.2) is 10.2 Å². The van der Waals surface area contributed by atoms with Crippen LogP contribution in [0.25, 0.3) is 0 Å². The molecule has 6 heteroatoms. The van der Waals surface area contributed by atoms with Crippen molar-refractivity contribution >= 4 is 12.0 Å². The molecule has 1 aliphatic carbocycles. The van der Waals surface area contributed by atoms with Crippen LogP contribution in [0.15, 0.2) is 24.3 Å². The van der Waals surface area contributed by atoms with E-state index in [1.54, 1.807) is 14.0 Å². The van der Waals surface area contributed by atoms with Crippen molar-refractivity contribution in [3.8, 4) is 0 Å². The number of amides is 2. The van der Waals surface area contributed by atoms with Gasteiger partial charge in [0, 0.05) is 19.0 Å². The van der Waals surface area contributed by atoms with E-state index < -0.39 is 0 Å². The number of hydrazine groups is 1. The summed E-state index contributed by atoms with van der Waals surface area (Å²) in [6.45, 7) is 4.66. The second kappa shape index (κ2) is 7.69. The van der Waals surface area contributed by atoms with Crippen molar-refractivity contribution in [2.24, 2.45) is 5.41 Å². The smallest absolute Gasteiger partial charge is 0.331 e. The Bertz CT molecular complexity index is 406. The first-order chi connectivity index (χ1) is 9.47. The minimum atomic E-state index is -0.389. The van der Waals surface area contributed by atoms with Gasteiger partial charge in [-0.1, -0.05) is 31.2 Å². The van der Waals surface area contributed by atoms with Gasteiger partial charge in [-0.3, -0.25) is 9.80 Å². The Labute approximate surface area is 119 Å². The van der Waals surface area contributed by atoms with Gasteiger partial charge in [0.2, 0.25) is 0 Å². The maximum absolute atomic E-state index is 11.9. The number of hydrogen-bond acceptors (Lipinski definition) is 4. The molecule has 1 unspecified atom stereocenters. The number of urea groups is 1. The van der Waals surface area contributed by atoms with Gasteiger partial charge in [0.15, 0.2) is 0 Å². The maximum atomic E-state index is 11.9. The van der Waals surface area contributed by atoms with Crippen molar-refractivity contribution in [2.75, 3.05) is 26.7 Å². The monoisotopic (exact) mass is 281 g/mol. The molecule has 0 saturated heterocycles. The third-order valence-electron chi connectivity index (χ3n) is 3.04. The summed E-state index contributed by atoms with van der Waals surface area (Å²) < 4.78 is 4.77. The largest absolute Gasteiger partial charge is 0.465 e. The first-order valence-electron chi connectivity index (χ1n) is 6.72. The van der Waals surface area contributed by atoms with Crippen LogP contribution in [0.2, 0.25) is 0 Å². The van der Waals surface area contributed by atoms with Crippen LogP contribution in [0.1, 0.15) is 20.3 Å². The molecule has 1 atom stereocenters. The fourth-order valence-corrected chi connectivity index (χ4v) is 1.77. The van der Waals surface area contributed by atoms with Crippen molar-refractivity contribution in [1.29, 1.82) is 0 Å². The molecule has 20 heavy (non-hydrogen) atoms. The Morgan fingerprint density at radius 3 is 2.75 bits per heavy atom. The van der Waals surface area contributed by atoms with E-state index in [0.29, 0.717) is 13.2 Å². The standard InChI is InChI=1S/C14H23N3O3/c1-4-20-12(18)10-16-17(3)13(19)15-11-14(2)8-6-5-7-9-14/h5-8,16H,4,9-11H2,1-3H3,(H,15,19). The predicted molar refractivity (Wildman–Crippen MR) is 76.8 cm³/mol. The van der Waals surface area contributed by atoms with E-state index in [1.807, 2.05) is 12.2 Å². The molecule has 0 aliphatic heterocycles. The van der Waals surface area contributed by atoms with E-state index in [4.69, 9.17) is 4.74 Å². The molecule has 6 nitrogen and oxygen atoms in total. The Hall–Kier alpha value is -1.82. The van der Waals surface area contributed by atoms with Gasteiger partial charge < -0.3 is 10.1 Å². The highest BCUT2D eigenvalue weighted by Gasteiger charge is 2.22. The fourth-order valence-electron chi connectivity index (χ4n) is 1.77. The first-order valence-corrected chi connectivity index (χ1v) is 6.72. The summed E-state index contributed by atoms with van der Waals surface area (Å²) in [5.41, 5.74) is 2.62. The lowest BCUT2D eigenvalue weighted by Crippen LogP contribution is -2.49. The van der Waals surface area contributed by atoms with Crippen LogP contribution in [0, 0.1) is 5.41 Å². The Kier molecular flexibility index (Phi) is 6.24. The number of carbonyl (C=O) groups excluding carboxylic acids is 2. The minimum Gasteiger partial charge on any atom is -0.465 e. The van der Waals surface area contributed by atoms with E-state index in [0.717, 1.165) is 6.42 Å². The van der Waals surface area contributed by atoms with Crippen molar-refractivity contribution in [1.82, 2.24) is 15.8 Å². The Morgan fingerprint density at radius 2 is 2.15 bits per heavy atom. The molecule has 1 aliphatic rings. The summed E-state index contributed by atoms with van der Waals surface area (Å²) in [6.07, 6.45) is 9.03. The molecule has 0 bridgehead atoms. The molecule has 0 saturated carbocycles. The van der Waals surface area contributed by atoms with E-state index in [1.165, 1.54) is 5.01 Å². The zero-order valence-electron chi connectivity index (χ0n) is 12.3. The van der Waals surface area contributed by atoms with Crippen molar-refractivity contribution < 1.29 is 14.3 Å². The van der Waals surface area contributed by atoms with Crippen molar-refractivity contribution in [3.63, 3.8) is 0 Å². The normalized spacial score (nSPS) is 20.6. The average Bonchev–Trinajstić information content (AvgIpc) is 2.43. The zero-order valence-corrected chi connectivity index (χ0v) is 12.3. The highest BCUT2D eigenvalue weighted by Crippen LogP contribution is 2.25. The number of allylic oxidation sites excluding steroid dienone is 3. The van der Waals surface area contributed by atoms with Crippen LogP contribution in [0.3, 0.4) is 0 Å². The summed E-state index contributed by atoms with van der Waals surface area (Å²) in [4.78, 5) is 23.0. The molecule has 2 amide bonds. The fraction of sp³-hybridized carbons (Fsp3) is 0.571. The van der Waals surface area contributed by atoms with Gasteiger partial charge in [-0.2, -0.15) is 0 Å². The second-order valence-corrected chi connectivity index (χ2v) is 5.00. The second-order valence-electron chi connectivity index (χ2n) is 5.00. The molecular formula is C14H23N3O3. The average molecular weight is 281 g/mol. The van der Waals surface area contributed by atoms with Crippen LogP contribution in [-0.2, 0) is 9.53 Å². The highest BCUT2D eigenvalue weighted by molar-refractivity contribution is 5.75. The molecule has 0 fully saturated rings. The molecule has 0 aromatic heterocycles. The number of nitrogens with zero attached hydrogens (tertiary/aromatic N) is 1. The SMILES string of the molecule is CCOC(=O)CNN(C)C(=O)NCC1(C)C=CC=CC1. The first kappa shape index (κ1) is 16.2. The van der Waals surface area contributed by atoms with Crippen LogP contribution in [-0.4, -0.2) is 43.8 Å². The lowest BCUT2D eigenvalue weighted by molar-refractivity contribution is -0.142. The quantitative estimate of drug-likeness (QED) is 0.567. The van der Waals surface area contributed by atoms with Gasteiger partial charge in [-0.05, 0) is 13.3 Å². The van der Waals surface area contributed by atoms with Crippen molar-refractivity contribution in [3.05, 3.63) is 24.3 Å². The topological polar surface area (TPSA) is 70.7 Å². The van der Waals surface area contributed by atoms with Crippen LogP contribution >= 0.6 is 0 Å². The Morgan fingerprint density at radius 1 is 1.40 bits per heavy atom. The molecule has 0 aromatic carbocycles. The van der Waals surface area contributed by atoms with Gasteiger partial charge in [0.25, 0.3) is 0 Å². The number of carbonyl (C=O) groups is 2. The number of ether oxygens (including phenoxy) is 1. The maximum Gasteiger partial charge on any atom is 0.331 e. The molecule has 1 rings (SSSR count). The van der Waals surface area contributed by atoms with Crippen LogP contribution in [0.4, 0.5) is 4.79 Å². The van der Waals surface area contributed by atoms with E-state index in [2.05, 4.69) is 29.8 Å². The third kappa shape index (κ3) is 5.44. The van der Waals surface area contributed by atoms with Gasteiger partial charge in [0.1, 0.15) is 6.54 Å². The summed E-state index contributed by atoms with van der Waals surface area (Å²) in [6, 6.07) is -0.279. The van der Waals surface area contributed by atoms with E-state index >= 15 is 0 Å². The lowest BCUT2D eigenvalue weighted by Gasteiger charge is -2.28. The Balaban J connectivity index is 2.29. The van der Waals surface area contributed by atoms with Crippen molar-refractivity contribution in [2.45, 2.75) is 20.3 Å². The van der Waals surface area contributed by atoms with E-state index in [-0.39, 0.29) is 24.0 Å². The summed E-state index contributed by atoms with van der Waals surface area (Å²) in [5, 5.41) is 4.09. The minimum absolute atomic E-state index is 0.0301. The number of rotatable bonds is 6. The van der Waals surface area contributed by atoms with Gasteiger partial charge >= 0.3 is 12.0 Å². The molecule has 0 heterocycles. The number of esters is 1. The molecule has 0 radical (unpaired) electrons. The summed E-state index contributed by atoms with van der Waals surface area (Å²) in [7, 11) is 1.56. The summed E-state index contributed by atoms with van der Waals surface area (Å²) >= 11 is 0. The molecular weight excluding hydrogens is 258 g/mol. The lowest BCUT2D eigenvalue weighted by atomic mass is 9.84. The van der Waals surface area contributed by atoms with Gasteiger partial charge in [0.05, 0.1) is 6.61 Å². The van der Waals surface area contributed by atoms with Crippen LogP contribution in [0.5, 0.6) is 0 Å². The molecule has 2 N–H and O–H groups in total. The summed E-state index contributed by atoms with van der Waals surface area (Å²) in [5.74, 6) is -0.389.